The predicted molar refractivity (Wildman–Crippen MR) is 79.2 cm³/mol. The van der Waals surface area contributed by atoms with Gasteiger partial charge in [0.25, 0.3) is 0 Å². The van der Waals surface area contributed by atoms with E-state index in [0.29, 0.717) is 16.9 Å². The van der Waals surface area contributed by atoms with Crippen LogP contribution in [0.3, 0.4) is 0 Å². The van der Waals surface area contributed by atoms with Crippen molar-refractivity contribution in [1.82, 2.24) is 5.32 Å². The highest BCUT2D eigenvalue weighted by Gasteiger charge is 2.57. The molecule has 0 aromatic rings. The summed E-state index contributed by atoms with van der Waals surface area (Å²) in [5, 5.41) is 3.68. The number of rotatable bonds is 6. The Hall–Kier alpha value is -0.0800. The third kappa shape index (κ3) is 2.47. The first-order valence-electron chi connectivity index (χ1n) is 8.25. The van der Waals surface area contributed by atoms with Gasteiger partial charge in [0.05, 0.1) is 0 Å². The van der Waals surface area contributed by atoms with E-state index in [1.165, 1.54) is 51.4 Å². The fraction of sp³-hybridized carbons (Fsp3) is 1.00. The smallest absolute Gasteiger partial charge is 0.0462 e. The maximum atomic E-state index is 5.25. The molecule has 110 valence electrons. The quantitative estimate of drug-likeness (QED) is 0.741. The molecule has 4 fully saturated rings. The third-order valence-corrected chi connectivity index (χ3v) is 6.33. The van der Waals surface area contributed by atoms with Gasteiger partial charge in [-0.15, -0.1) is 0 Å². The van der Waals surface area contributed by atoms with Gasteiger partial charge in [0, 0.05) is 19.8 Å². The van der Waals surface area contributed by atoms with Gasteiger partial charge in [0.2, 0.25) is 0 Å². The molecule has 0 aromatic carbocycles. The lowest BCUT2D eigenvalue weighted by molar-refractivity contribution is -0.118. The topological polar surface area (TPSA) is 21.3 Å². The molecule has 4 saturated carbocycles. The van der Waals surface area contributed by atoms with Crippen molar-refractivity contribution in [3.05, 3.63) is 0 Å². The summed E-state index contributed by atoms with van der Waals surface area (Å²) in [6.07, 6.45) is 11.5. The Kier molecular flexibility index (Phi) is 3.68. The molecule has 0 saturated heterocycles. The molecule has 4 rings (SSSR count). The van der Waals surface area contributed by atoms with Gasteiger partial charge in [-0.05, 0) is 81.1 Å². The molecule has 0 aliphatic heterocycles. The molecule has 0 amide bonds. The molecule has 0 aromatic heterocycles. The molecule has 3 atom stereocenters. The summed E-state index contributed by atoms with van der Waals surface area (Å²) in [5.41, 5.74) is 1.28. The molecule has 4 aliphatic rings. The lowest BCUT2D eigenvalue weighted by Gasteiger charge is -2.63. The Morgan fingerprint density at radius 3 is 2.42 bits per heavy atom. The largest absolute Gasteiger partial charge is 0.385 e. The van der Waals surface area contributed by atoms with Crippen molar-refractivity contribution < 1.29 is 4.74 Å². The van der Waals surface area contributed by atoms with Crippen LogP contribution in [-0.2, 0) is 4.74 Å². The maximum Gasteiger partial charge on any atom is 0.0462 e. The van der Waals surface area contributed by atoms with Gasteiger partial charge in [0.1, 0.15) is 0 Å². The lowest BCUT2D eigenvalue weighted by atomic mass is 9.43. The zero-order valence-corrected chi connectivity index (χ0v) is 13.0. The Morgan fingerprint density at radius 2 is 1.89 bits per heavy atom. The summed E-state index contributed by atoms with van der Waals surface area (Å²) in [6.45, 7) is 3.49. The first kappa shape index (κ1) is 13.9. The summed E-state index contributed by atoms with van der Waals surface area (Å²) < 4.78 is 5.25. The van der Waals surface area contributed by atoms with E-state index in [1.54, 1.807) is 0 Å². The fourth-order valence-electron chi connectivity index (χ4n) is 6.39. The summed E-state index contributed by atoms with van der Waals surface area (Å²) >= 11 is 0. The van der Waals surface area contributed by atoms with Gasteiger partial charge in [-0.3, -0.25) is 0 Å². The van der Waals surface area contributed by atoms with Crippen molar-refractivity contribution in [1.29, 1.82) is 0 Å². The van der Waals surface area contributed by atoms with Crippen molar-refractivity contribution in [2.75, 3.05) is 20.8 Å². The van der Waals surface area contributed by atoms with E-state index in [4.69, 9.17) is 4.74 Å². The van der Waals surface area contributed by atoms with Crippen LogP contribution in [0.5, 0.6) is 0 Å². The average Bonchev–Trinajstić information content (AvgIpc) is 2.31. The van der Waals surface area contributed by atoms with Gasteiger partial charge in [-0.2, -0.15) is 0 Å². The average molecular weight is 265 g/mol. The molecule has 3 unspecified atom stereocenters. The molecule has 2 nitrogen and oxygen atoms in total. The molecule has 4 bridgehead atoms. The number of nitrogens with one attached hydrogen (secondary N) is 1. The molecule has 0 heterocycles. The van der Waals surface area contributed by atoms with Crippen molar-refractivity contribution in [3.8, 4) is 0 Å². The molecule has 2 heteroatoms. The van der Waals surface area contributed by atoms with E-state index in [0.717, 1.165) is 18.4 Å². The summed E-state index contributed by atoms with van der Waals surface area (Å²) in [4.78, 5) is 0. The lowest BCUT2D eigenvalue weighted by Crippen LogP contribution is -2.58. The Morgan fingerprint density at radius 1 is 1.21 bits per heavy atom. The van der Waals surface area contributed by atoms with Crippen LogP contribution in [-0.4, -0.2) is 26.8 Å². The molecule has 0 spiro atoms. The van der Waals surface area contributed by atoms with Gasteiger partial charge in [0.15, 0.2) is 0 Å². The second-order valence-corrected chi connectivity index (χ2v) is 8.11. The highest BCUT2D eigenvalue weighted by atomic mass is 16.5. The molecular formula is C17H31NO. The normalized spacial score (nSPS) is 45.6. The fourth-order valence-corrected chi connectivity index (χ4v) is 6.39. The molecule has 1 N–H and O–H groups in total. The monoisotopic (exact) mass is 265 g/mol. The first-order chi connectivity index (χ1) is 9.09. The van der Waals surface area contributed by atoms with Crippen LogP contribution in [0.4, 0.5) is 0 Å². The van der Waals surface area contributed by atoms with Crippen molar-refractivity contribution in [2.24, 2.45) is 22.7 Å². The first-order valence-corrected chi connectivity index (χ1v) is 8.25. The SMILES string of the molecule is CNC(CCCOC)C12CC3CC(CC(C)(C3)C1)C2. The van der Waals surface area contributed by atoms with Crippen LogP contribution in [0.15, 0.2) is 0 Å². The van der Waals surface area contributed by atoms with Gasteiger partial charge < -0.3 is 10.1 Å². The van der Waals surface area contributed by atoms with Crippen LogP contribution in [0, 0.1) is 22.7 Å². The van der Waals surface area contributed by atoms with E-state index in [9.17, 15) is 0 Å². The van der Waals surface area contributed by atoms with Crippen molar-refractivity contribution in [3.63, 3.8) is 0 Å². The standard InChI is InChI=1S/C17H31NO/c1-16-8-13-7-14(9-16)11-17(10-13,12-16)15(18-2)5-4-6-19-3/h13-15,18H,4-12H2,1-3H3. The van der Waals surface area contributed by atoms with Crippen LogP contribution >= 0.6 is 0 Å². The van der Waals surface area contributed by atoms with Gasteiger partial charge in [-0.1, -0.05) is 6.92 Å². The van der Waals surface area contributed by atoms with Crippen LogP contribution in [0.25, 0.3) is 0 Å². The number of hydrogen-bond acceptors (Lipinski definition) is 2. The summed E-state index contributed by atoms with van der Waals surface area (Å²) in [5.74, 6) is 2.06. The second-order valence-electron chi connectivity index (χ2n) is 8.11. The zero-order valence-electron chi connectivity index (χ0n) is 13.0. The van der Waals surface area contributed by atoms with E-state index in [-0.39, 0.29) is 0 Å². The van der Waals surface area contributed by atoms with E-state index >= 15 is 0 Å². The summed E-state index contributed by atoms with van der Waals surface area (Å²) in [6, 6.07) is 0.716. The zero-order chi connectivity index (χ0) is 13.5. The highest BCUT2D eigenvalue weighted by Crippen LogP contribution is 2.66. The molecule has 0 radical (unpaired) electrons. The minimum absolute atomic E-state index is 0.612. The minimum Gasteiger partial charge on any atom is -0.385 e. The molecule has 19 heavy (non-hydrogen) atoms. The van der Waals surface area contributed by atoms with Crippen LogP contribution in [0.1, 0.15) is 58.3 Å². The molecule has 4 aliphatic carbocycles. The molecular weight excluding hydrogens is 234 g/mol. The number of ether oxygens (including phenoxy) is 1. The second kappa shape index (κ2) is 5.04. The van der Waals surface area contributed by atoms with Gasteiger partial charge >= 0.3 is 0 Å². The third-order valence-electron chi connectivity index (χ3n) is 6.33. The predicted octanol–water partition coefficient (Wildman–Crippen LogP) is 3.61. The minimum atomic E-state index is 0.612. The van der Waals surface area contributed by atoms with Crippen LogP contribution in [0.2, 0.25) is 0 Å². The Labute approximate surface area is 118 Å². The number of methoxy groups -OCH3 is 1. The number of hydrogen-bond donors (Lipinski definition) is 1. The van der Waals surface area contributed by atoms with Gasteiger partial charge in [-0.25, -0.2) is 0 Å². The van der Waals surface area contributed by atoms with Crippen LogP contribution < -0.4 is 5.32 Å². The van der Waals surface area contributed by atoms with Crippen molar-refractivity contribution in [2.45, 2.75) is 64.3 Å². The maximum absolute atomic E-state index is 5.25. The Balaban J connectivity index is 1.74. The van der Waals surface area contributed by atoms with E-state index < -0.39 is 0 Å². The highest BCUT2D eigenvalue weighted by molar-refractivity contribution is 5.09. The van der Waals surface area contributed by atoms with E-state index in [1.807, 2.05) is 7.11 Å². The summed E-state index contributed by atoms with van der Waals surface area (Å²) in [7, 11) is 4.00. The Bertz CT molecular complexity index is 313. The van der Waals surface area contributed by atoms with Crippen molar-refractivity contribution >= 4 is 0 Å². The van der Waals surface area contributed by atoms with E-state index in [2.05, 4.69) is 19.3 Å².